The van der Waals surface area contributed by atoms with E-state index in [9.17, 15) is 9.59 Å². The molecule has 1 aliphatic carbocycles. The number of aryl methyl sites for hydroxylation is 1. The second-order valence-corrected chi connectivity index (χ2v) is 5.10. The summed E-state index contributed by atoms with van der Waals surface area (Å²) in [6.07, 6.45) is 2.58. The lowest BCUT2D eigenvalue weighted by Gasteiger charge is -2.22. The zero-order valence-electron chi connectivity index (χ0n) is 10.3. The average molecular weight is 266 g/mol. The van der Waals surface area contributed by atoms with E-state index in [1.54, 1.807) is 6.07 Å². The smallest absolute Gasteiger partial charge is 0.253 e. The predicted molar refractivity (Wildman–Crippen MR) is 70.9 cm³/mol. The Balaban J connectivity index is 2.03. The first-order valence-corrected chi connectivity index (χ1v) is 6.53. The van der Waals surface area contributed by atoms with E-state index >= 15 is 0 Å². The van der Waals surface area contributed by atoms with Gasteiger partial charge in [0.15, 0.2) is 0 Å². The molecular weight excluding hydrogens is 250 g/mol. The van der Waals surface area contributed by atoms with Gasteiger partial charge in [0.1, 0.15) is 5.78 Å². The van der Waals surface area contributed by atoms with E-state index in [1.165, 1.54) is 0 Å². The topological polar surface area (TPSA) is 46.2 Å². The van der Waals surface area contributed by atoms with E-state index < -0.39 is 0 Å². The summed E-state index contributed by atoms with van der Waals surface area (Å²) in [5, 5.41) is 3.45. The first kappa shape index (κ1) is 13.1. The highest BCUT2D eigenvalue weighted by atomic mass is 35.5. The molecule has 1 N–H and O–H groups in total. The molecule has 96 valence electrons. The highest BCUT2D eigenvalue weighted by Gasteiger charge is 2.21. The molecule has 1 aromatic rings. The van der Waals surface area contributed by atoms with Crippen molar-refractivity contribution in [2.75, 3.05) is 0 Å². The third-order valence-corrected chi connectivity index (χ3v) is 3.82. The summed E-state index contributed by atoms with van der Waals surface area (Å²) >= 11 is 6.11. The highest BCUT2D eigenvalue weighted by Crippen LogP contribution is 2.21. The van der Waals surface area contributed by atoms with Crippen LogP contribution in [0.3, 0.4) is 0 Å². The lowest BCUT2D eigenvalue weighted by Crippen LogP contribution is -2.37. The molecule has 1 fully saturated rings. The Morgan fingerprint density at radius 2 is 2.00 bits per heavy atom. The van der Waals surface area contributed by atoms with Crippen molar-refractivity contribution in [1.29, 1.82) is 0 Å². The van der Waals surface area contributed by atoms with Gasteiger partial charge in [-0.2, -0.15) is 0 Å². The molecule has 0 aromatic heterocycles. The van der Waals surface area contributed by atoms with E-state index in [0.29, 0.717) is 23.4 Å². The summed E-state index contributed by atoms with van der Waals surface area (Å²) < 4.78 is 0. The number of hydrogen-bond donors (Lipinski definition) is 1. The molecule has 0 saturated heterocycles. The molecule has 0 heterocycles. The first-order chi connectivity index (χ1) is 8.58. The molecule has 1 amide bonds. The Hall–Kier alpha value is -1.35. The van der Waals surface area contributed by atoms with Crippen LogP contribution < -0.4 is 5.32 Å². The Bertz CT molecular complexity index is 475. The van der Waals surface area contributed by atoms with E-state index in [2.05, 4.69) is 5.32 Å². The number of nitrogens with one attached hydrogen (secondary N) is 1. The summed E-state index contributed by atoms with van der Waals surface area (Å²) in [5.41, 5.74) is 1.40. The van der Waals surface area contributed by atoms with Crippen LogP contribution in [0.4, 0.5) is 0 Å². The van der Waals surface area contributed by atoms with E-state index in [1.807, 2.05) is 19.1 Å². The Morgan fingerprint density at radius 1 is 1.33 bits per heavy atom. The zero-order valence-corrected chi connectivity index (χ0v) is 11.1. The number of hydrogen-bond acceptors (Lipinski definition) is 2. The maximum absolute atomic E-state index is 12.1. The molecule has 0 spiro atoms. The van der Waals surface area contributed by atoms with Crippen LogP contribution in [0.1, 0.15) is 41.6 Å². The van der Waals surface area contributed by atoms with Crippen LogP contribution in [-0.4, -0.2) is 17.7 Å². The number of Topliss-reactive ketones (excluding diaryl/α,β-unsaturated/α-hetero) is 1. The quantitative estimate of drug-likeness (QED) is 0.894. The van der Waals surface area contributed by atoms with Gasteiger partial charge in [0.2, 0.25) is 0 Å². The molecule has 2 rings (SSSR count). The van der Waals surface area contributed by atoms with Gasteiger partial charge in [-0.15, -0.1) is 0 Å². The van der Waals surface area contributed by atoms with Crippen LogP contribution in [0, 0.1) is 6.92 Å². The highest BCUT2D eigenvalue weighted by molar-refractivity contribution is 6.34. The lowest BCUT2D eigenvalue weighted by atomic mass is 9.94. The van der Waals surface area contributed by atoms with Gasteiger partial charge in [-0.1, -0.05) is 23.7 Å². The van der Waals surface area contributed by atoms with Crippen LogP contribution in [0.5, 0.6) is 0 Å². The van der Waals surface area contributed by atoms with Crippen LogP contribution in [0.25, 0.3) is 0 Å². The molecule has 1 saturated carbocycles. The van der Waals surface area contributed by atoms with Gasteiger partial charge >= 0.3 is 0 Å². The van der Waals surface area contributed by atoms with E-state index in [4.69, 9.17) is 11.6 Å². The number of carbonyl (C=O) groups excluding carboxylic acids is 2. The van der Waals surface area contributed by atoms with Crippen LogP contribution in [0.15, 0.2) is 18.2 Å². The van der Waals surface area contributed by atoms with Gasteiger partial charge in [-0.3, -0.25) is 9.59 Å². The SMILES string of the molecule is Cc1cccc(C(=O)NC2CCC(=O)CC2)c1Cl. The summed E-state index contributed by atoms with van der Waals surface area (Å²) in [7, 11) is 0. The van der Waals surface area contributed by atoms with Crippen LogP contribution in [-0.2, 0) is 4.79 Å². The van der Waals surface area contributed by atoms with Crippen molar-refractivity contribution in [2.24, 2.45) is 0 Å². The molecule has 4 heteroatoms. The summed E-state index contributed by atoms with van der Waals surface area (Å²) in [5.74, 6) is 0.136. The maximum atomic E-state index is 12.1. The van der Waals surface area contributed by atoms with Crippen molar-refractivity contribution in [3.63, 3.8) is 0 Å². The molecule has 18 heavy (non-hydrogen) atoms. The van der Waals surface area contributed by atoms with Crippen molar-refractivity contribution in [2.45, 2.75) is 38.6 Å². The Morgan fingerprint density at radius 3 is 2.67 bits per heavy atom. The van der Waals surface area contributed by atoms with Gasteiger partial charge < -0.3 is 5.32 Å². The average Bonchev–Trinajstić information content (AvgIpc) is 2.35. The molecule has 1 aliphatic rings. The summed E-state index contributed by atoms with van der Waals surface area (Å²) in [6.45, 7) is 1.87. The van der Waals surface area contributed by atoms with Crippen LogP contribution in [0.2, 0.25) is 5.02 Å². The minimum atomic E-state index is -0.150. The molecule has 1 aromatic carbocycles. The molecular formula is C14H16ClNO2. The maximum Gasteiger partial charge on any atom is 0.253 e. The van der Waals surface area contributed by atoms with Gasteiger partial charge in [-0.25, -0.2) is 0 Å². The fourth-order valence-corrected chi connectivity index (χ4v) is 2.38. The van der Waals surface area contributed by atoms with Gasteiger partial charge in [0, 0.05) is 18.9 Å². The van der Waals surface area contributed by atoms with Gasteiger partial charge in [0.25, 0.3) is 5.91 Å². The van der Waals surface area contributed by atoms with Crippen molar-refractivity contribution >= 4 is 23.3 Å². The van der Waals surface area contributed by atoms with Crippen molar-refractivity contribution in [1.82, 2.24) is 5.32 Å². The minimum absolute atomic E-state index is 0.0896. The minimum Gasteiger partial charge on any atom is -0.349 e. The fraction of sp³-hybridized carbons (Fsp3) is 0.429. The number of rotatable bonds is 2. The number of carbonyl (C=O) groups is 2. The van der Waals surface area contributed by atoms with Crippen LogP contribution >= 0.6 is 11.6 Å². The van der Waals surface area contributed by atoms with E-state index in [0.717, 1.165) is 18.4 Å². The number of amides is 1. The molecule has 0 radical (unpaired) electrons. The third-order valence-electron chi connectivity index (χ3n) is 3.31. The Labute approximate surface area is 112 Å². The van der Waals surface area contributed by atoms with Crippen molar-refractivity contribution in [3.8, 4) is 0 Å². The zero-order chi connectivity index (χ0) is 13.1. The molecule has 0 unspecified atom stereocenters. The standard InChI is InChI=1S/C14H16ClNO2/c1-9-3-2-4-12(13(9)15)14(18)16-10-5-7-11(17)8-6-10/h2-4,10H,5-8H2,1H3,(H,16,18). The number of ketones is 1. The normalized spacial score (nSPS) is 16.7. The van der Waals surface area contributed by atoms with E-state index in [-0.39, 0.29) is 17.7 Å². The fourth-order valence-electron chi connectivity index (χ4n) is 2.17. The van der Waals surface area contributed by atoms with Crippen molar-refractivity contribution in [3.05, 3.63) is 34.3 Å². The second kappa shape index (κ2) is 5.53. The first-order valence-electron chi connectivity index (χ1n) is 6.15. The Kier molecular flexibility index (Phi) is 4.02. The molecule has 0 bridgehead atoms. The second-order valence-electron chi connectivity index (χ2n) is 4.72. The molecule has 0 aliphatic heterocycles. The molecule has 3 nitrogen and oxygen atoms in total. The van der Waals surface area contributed by atoms with Crippen molar-refractivity contribution < 1.29 is 9.59 Å². The summed E-state index contributed by atoms with van der Waals surface area (Å²) in [4.78, 5) is 23.2. The lowest BCUT2D eigenvalue weighted by molar-refractivity contribution is -0.120. The largest absolute Gasteiger partial charge is 0.349 e. The van der Waals surface area contributed by atoms with Gasteiger partial charge in [0.05, 0.1) is 10.6 Å². The number of benzene rings is 1. The number of halogens is 1. The van der Waals surface area contributed by atoms with Gasteiger partial charge in [-0.05, 0) is 31.4 Å². The predicted octanol–water partition coefficient (Wildman–Crippen LogP) is 2.89. The monoisotopic (exact) mass is 265 g/mol. The third kappa shape index (κ3) is 2.91. The summed E-state index contributed by atoms with van der Waals surface area (Å²) in [6, 6.07) is 5.50. The molecule has 0 atom stereocenters.